The molecule has 1 aromatic rings. The first kappa shape index (κ1) is 11.8. The molecular weight excluding hydrogens is 192 g/mol. The maximum atomic E-state index is 9.41. The fourth-order valence-electron chi connectivity index (χ4n) is 1.15. The predicted octanol–water partition coefficient (Wildman–Crippen LogP) is 1.66. The van der Waals surface area contributed by atoms with Gasteiger partial charge >= 0.3 is 0 Å². The molecule has 0 spiro atoms. The first-order valence-corrected chi connectivity index (χ1v) is 5.27. The van der Waals surface area contributed by atoms with E-state index >= 15 is 0 Å². The summed E-state index contributed by atoms with van der Waals surface area (Å²) >= 11 is 0. The number of nitrogens with one attached hydrogen (secondary N) is 1. The Bertz CT molecular complexity index is 292. The Morgan fingerprint density at radius 2 is 2.33 bits per heavy atom. The fourth-order valence-corrected chi connectivity index (χ4v) is 1.15. The summed E-state index contributed by atoms with van der Waals surface area (Å²) in [4.78, 5) is 4.16. The lowest BCUT2D eigenvalue weighted by Crippen LogP contribution is -2.19. The van der Waals surface area contributed by atoms with Crippen LogP contribution in [0.15, 0.2) is 18.3 Å². The lowest BCUT2D eigenvalue weighted by Gasteiger charge is -2.13. The van der Waals surface area contributed by atoms with Gasteiger partial charge in [0.05, 0.1) is 12.7 Å². The van der Waals surface area contributed by atoms with E-state index in [2.05, 4.69) is 10.3 Å². The summed E-state index contributed by atoms with van der Waals surface area (Å²) in [5, 5.41) is 12.5. The van der Waals surface area contributed by atoms with Crippen LogP contribution in [0, 0.1) is 0 Å². The zero-order valence-corrected chi connectivity index (χ0v) is 9.23. The number of aromatic nitrogens is 1. The van der Waals surface area contributed by atoms with Gasteiger partial charge in [0.2, 0.25) is 0 Å². The number of aliphatic hydroxyl groups excluding tert-OH is 1. The van der Waals surface area contributed by atoms with Crippen molar-refractivity contribution >= 4 is 5.82 Å². The van der Waals surface area contributed by atoms with Gasteiger partial charge in [-0.25, -0.2) is 4.98 Å². The molecule has 15 heavy (non-hydrogen) atoms. The Morgan fingerprint density at radius 1 is 1.53 bits per heavy atom. The molecular formula is C11H18N2O2. The summed E-state index contributed by atoms with van der Waals surface area (Å²) in [5.41, 5.74) is 0. The van der Waals surface area contributed by atoms with Crippen LogP contribution in [0.4, 0.5) is 5.82 Å². The van der Waals surface area contributed by atoms with Crippen molar-refractivity contribution in [3.8, 4) is 5.75 Å². The van der Waals surface area contributed by atoms with Crippen LogP contribution in [0.5, 0.6) is 5.75 Å². The number of anilines is 1. The third-order valence-electron chi connectivity index (χ3n) is 2.05. The van der Waals surface area contributed by atoms with Gasteiger partial charge in [-0.1, -0.05) is 6.92 Å². The maximum absolute atomic E-state index is 9.41. The molecule has 0 radical (unpaired) electrons. The van der Waals surface area contributed by atoms with Crippen molar-refractivity contribution in [3.63, 3.8) is 0 Å². The lowest BCUT2D eigenvalue weighted by atomic mass is 10.3. The van der Waals surface area contributed by atoms with E-state index in [-0.39, 0.29) is 6.10 Å². The summed E-state index contributed by atoms with van der Waals surface area (Å²) in [6.07, 6.45) is 2.08. The molecule has 0 saturated carbocycles. The zero-order valence-electron chi connectivity index (χ0n) is 9.23. The molecule has 0 saturated heterocycles. The molecule has 4 nitrogen and oxygen atoms in total. The van der Waals surface area contributed by atoms with Crippen LogP contribution in [0.1, 0.15) is 20.3 Å². The van der Waals surface area contributed by atoms with Gasteiger partial charge in [-0.05, 0) is 25.5 Å². The second-order valence-corrected chi connectivity index (χ2v) is 3.23. The molecule has 0 amide bonds. The van der Waals surface area contributed by atoms with Crippen molar-refractivity contribution < 1.29 is 9.84 Å². The standard InChI is InChI=1S/C11H18N2O2/c1-3-9(14)8-13-11-10(15-4-2)6-5-7-12-11/h5-7,9,14H,3-4,8H2,1-2H3,(H,12,13). The fraction of sp³-hybridized carbons (Fsp3) is 0.545. The van der Waals surface area contributed by atoms with Gasteiger partial charge in [-0.2, -0.15) is 0 Å². The molecule has 1 rings (SSSR count). The van der Waals surface area contributed by atoms with E-state index in [1.54, 1.807) is 6.20 Å². The lowest BCUT2D eigenvalue weighted by molar-refractivity contribution is 0.183. The normalized spacial score (nSPS) is 12.2. The highest BCUT2D eigenvalue weighted by atomic mass is 16.5. The second kappa shape index (κ2) is 6.24. The van der Waals surface area contributed by atoms with E-state index in [9.17, 15) is 5.11 Å². The van der Waals surface area contributed by atoms with Crippen molar-refractivity contribution in [1.29, 1.82) is 0 Å². The summed E-state index contributed by atoms with van der Waals surface area (Å²) in [6.45, 7) is 4.97. The van der Waals surface area contributed by atoms with E-state index < -0.39 is 0 Å². The largest absolute Gasteiger partial charge is 0.490 e. The van der Waals surface area contributed by atoms with E-state index in [0.29, 0.717) is 19.0 Å². The van der Waals surface area contributed by atoms with Gasteiger partial charge in [0.25, 0.3) is 0 Å². The van der Waals surface area contributed by atoms with Crippen molar-refractivity contribution in [2.45, 2.75) is 26.4 Å². The summed E-state index contributed by atoms with van der Waals surface area (Å²) < 4.78 is 5.40. The Hall–Kier alpha value is -1.29. The van der Waals surface area contributed by atoms with Crippen molar-refractivity contribution in [2.75, 3.05) is 18.5 Å². The first-order valence-electron chi connectivity index (χ1n) is 5.27. The summed E-state index contributed by atoms with van der Waals surface area (Å²) in [6, 6.07) is 3.68. The van der Waals surface area contributed by atoms with Crippen LogP contribution in [-0.4, -0.2) is 29.3 Å². The molecule has 0 aliphatic carbocycles. The van der Waals surface area contributed by atoms with Crippen LogP contribution >= 0.6 is 0 Å². The molecule has 0 fully saturated rings. The third kappa shape index (κ3) is 3.75. The topological polar surface area (TPSA) is 54.4 Å². The molecule has 0 bridgehead atoms. The summed E-state index contributed by atoms with van der Waals surface area (Å²) in [7, 11) is 0. The number of nitrogens with zero attached hydrogens (tertiary/aromatic N) is 1. The molecule has 1 unspecified atom stereocenters. The minimum Gasteiger partial charge on any atom is -0.490 e. The molecule has 0 aliphatic heterocycles. The predicted molar refractivity (Wildman–Crippen MR) is 60.2 cm³/mol. The molecule has 4 heteroatoms. The first-order chi connectivity index (χ1) is 7.27. The molecule has 0 aromatic carbocycles. The summed E-state index contributed by atoms with van der Waals surface area (Å²) in [5.74, 6) is 1.41. The number of pyridine rings is 1. The molecule has 1 aromatic heterocycles. The third-order valence-corrected chi connectivity index (χ3v) is 2.05. The van der Waals surface area contributed by atoms with Crippen LogP contribution in [0.2, 0.25) is 0 Å². The molecule has 1 atom stereocenters. The molecule has 1 heterocycles. The number of rotatable bonds is 6. The van der Waals surface area contributed by atoms with Gasteiger partial charge in [-0.15, -0.1) is 0 Å². The Balaban J connectivity index is 2.58. The minimum absolute atomic E-state index is 0.346. The Labute approximate surface area is 90.3 Å². The van der Waals surface area contributed by atoms with Gasteiger partial charge in [-0.3, -0.25) is 0 Å². The number of hydrogen-bond donors (Lipinski definition) is 2. The van der Waals surface area contributed by atoms with Gasteiger partial charge < -0.3 is 15.2 Å². The van der Waals surface area contributed by atoms with Crippen LogP contribution < -0.4 is 10.1 Å². The smallest absolute Gasteiger partial charge is 0.168 e. The Morgan fingerprint density at radius 3 is 3.00 bits per heavy atom. The van der Waals surface area contributed by atoms with E-state index in [1.807, 2.05) is 26.0 Å². The minimum atomic E-state index is -0.346. The van der Waals surface area contributed by atoms with Crippen LogP contribution in [0.3, 0.4) is 0 Å². The number of hydrogen-bond acceptors (Lipinski definition) is 4. The van der Waals surface area contributed by atoms with E-state index in [0.717, 1.165) is 12.2 Å². The van der Waals surface area contributed by atoms with E-state index in [1.165, 1.54) is 0 Å². The van der Waals surface area contributed by atoms with Crippen molar-refractivity contribution in [1.82, 2.24) is 4.98 Å². The SMILES string of the molecule is CCOc1cccnc1NCC(O)CC. The number of ether oxygens (including phenoxy) is 1. The highest BCUT2D eigenvalue weighted by molar-refractivity contribution is 5.49. The van der Waals surface area contributed by atoms with Crippen LogP contribution in [-0.2, 0) is 0 Å². The van der Waals surface area contributed by atoms with Gasteiger partial charge in [0, 0.05) is 12.7 Å². The second-order valence-electron chi connectivity index (χ2n) is 3.23. The average molecular weight is 210 g/mol. The average Bonchev–Trinajstić information content (AvgIpc) is 2.28. The molecule has 0 aliphatic rings. The van der Waals surface area contributed by atoms with Gasteiger partial charge in [0.15, 0.2) is 11.6 Å². The number of aliphatic hydroxyl groups is 1. The monoisotopic (exact) mass is 210 g/mol. The molecule has 84 valence electrons. The van der Waals surface area contributed by atoms with Crippen LogP contribution in [0.25, 0.3) is 0 Å². The highest BCUT2D eigenvalue weighted by Crippen LogP contribution is 2.20. The maximum Gasteiger partial charge on any atom is 0.168 e. The Kier molecular flexibility index (Phi) is 4.90. The van der Waals surface area contributed by atoms with Gasteiger partial charge in [0.1, 0.15) is 0 Å². The highest BCUT2D eigenvalue weighted by Gasteiger charge is 2.05. The quantitative estimate of drug-likeness (QED) is 0.749. The van der Waals surface area contributed by atoms with Crippen molar-refractivity contribution in [3.05, 3.63) is 18.3 Å². The van der Waals surface area contributed by atoms with Crippen molar-refractivity contribution in [2.24, 2.45) is 0 Å². The van der Waals surface area contributed by atoms with E-state index in [4.69, 9.17) is 4.74 Å². The molecule has 2 N–H and O–H groups in total. The zero-order chi connectivity index (χ0) is 11.1.